The van der Waals surface area contributed by atoms with Crippen LogP contribution in [-0.2, 0) is 10.0 Å². The lowest BCUT2D eigenvalue weighted by molar-refractivity contribution is -0.130. The van der Waals surface area contributed by atoms with E-state index < -0.39 is 19.2 Å². The quantitative estimate of drug-likeness (QED) is 0.757. The van der Waals surface area contributed by atoms with Gasteiger partial charge in [0, 0.05) is 0 Å². The van der Waals surface area contributed by atoms with E-state index in [0.717, 1.165) is 0 Å². The highest BCUT2D eigenvalue weighted by molar-refractivity contribution is 6.81. The molecule has 15 heavy (non-hydrogen) atoms. The van der Waals surface area contributed by atoms with Gasteiger partial charge in [-0.3, -0.25) is 4.79 Å². The summed E-state index contributed by atoms with van der Waals surface area (Å²) < 4.78 is 0. The number of rotatable bonds is 3. The van der Waals surface area contributed by atoms with Crippen molar-refractivity contribution in [3.05, 3.63) is 35.9 Å². The van der Waals surface area contributed by atoms with E-state index in [1.165, 1.54) is 0 Å². The molecule has 1 amide bonds. The van der Waals surface area contributed by atoms with Crippen molar-refractivity contribution >= 4 is 14.0 Å². The van der Waals surface area contributed by atoms with Crippen LogP contribution >= 0.6 is 0 Å². The third-order valence-corrected chi connectivity index (χ3v) is 5.34. The van der Waals surface area contributed by atoms with E-state index in [2.05, 4.69) is 0 Å². The second-order valence-electron chi connectivity index (χ2n) is 4.69. The van der Waals surface area contributed by atoms with Crippen LogP contribution in [0.25, 0.3) is 0 Å². The maximum absolute atomic E-state index is 11.5. The van der Waals surface area contributed by atoms with E-state index in [4.69, 9.17) is 5.73 Å². The minimum Gasteiger partial charge on any atom is -0.379 e. The van der Waals surface area contributed by atoms with E-state index in [-0.39, 0.29) is 0 Å². The number of benzene rings is 1. The Morgan fingerprint density at radius 3 is 2.07 bits per heavy atom. The molecule has 1 unspecified atom stereocenters. The van der Waals surface area contributed by atoms with Crippen LogP contribution in [0.2, 0.25) is 19.6 Å². The summed E-state index contributed by atoms with van der Waals surface area (Å²) in [4.78, 5) is 11.5. The molecular weight excluding hydrogens is 206 g/mol. The first-order valence-corrected chi connectivity index (χ1v) is 8.38. The third kappa shape index (κ3) is 1.96. The van der Waals surface area contributed by atoms with E-state index in [0.29, 0.717) is 5.56 Å². The van der Waals surface area contributed by atoms with Gasteiger partial charge in [-0.25, -0.2) is 0 Å². The lowest BCUT2D eigenvalue weighted by Crippen LogP contribution is -2.58. The zero-order valence-electron chi connectivity index (χ0n) is 9.32. The van der Waals surface area contributed by atoms with Gasteiger partial charge in [-0.2, -0.15) is 0 Å². The molecule has 0 aliphatic carbocycles. The predicted molar refractivity (Wildman–Crippen MR) is 62.9 cm³/mol. The smallest absolute Gasteiger partial charge is 0.250 e. The Morgan fingerprint density at radius 1 is 1.27 bits per heavy atom. The fraction of sp³-hybridized carbons (Fsp3) is 0.364. The fourth-order valence-corrected chi connectivity index (χ4v) is 3.40. The van der Waals surface area contributed by atoms with Gasteiger partial charge < -0.3 is 10.8 Å². The van der Waals surface area contributed by atoms with E-state index in [1.54, 1.807) is 24.3 Å². The predicted octanol–water partition coefficient (Wildman–Crippen LogP) is 1.24. The highest BCUT2D eigenvalue weighted by Gasteiger charge is 2.48. The molecule has 0 aliphatic rings. The van der Waals surface area contributed by atoms with Crippen LogP contribution in [0.3, 0.4) is 0 Å². The minimum atomic E-state index is -2.13. The van der Waals surface area contributed by atoms with Crippen molar-refractivity contribution in [1.82, 2.24) is 0 Å². The Morgan fingerprint density at radius 2 is 1.73 bits per heavy atom. The summed E-state index contributed by atoms with van der Waals surface area (Å²) in [5.41, 5.74) is 5.93. The number of aliphatic hydroxyl groups is 1. The lowest BCUT2D eigenvalue weighted by Gasteiger charge is -2.36. The van der Waals surface area contributed by atoms with E-state index in [1.807, 2.05) is 25.7 Å². The van der Waals surface area contributed by atoms with Crippen LogP contribution in [0.15, 0.2) is 30.3 Å². The SMILES string of the molecule is C[Si](C)(C)C(O)(C(N)=O)c1ccccc1. The van der Waals surface area contributed by atoms with Crippen molar-refractivity contribution in [3.63, 3.8) is 0 Å². The van der Waals surface area contributed by atoms with Crippen LogP contribution in [0.1, 0.15) is 5.56 Å². The number of carbonyl (C=O) groups excluding carboxylic acids is 1. The number of carbonyl (C=O) groups is 1. The van der Waals surface area contributed by atoms with E-state index >= 15 is 0 Å². The molecule has 0 aromatic heterocycles. The zero-order chi connectivity index (χ0) is 11.7. The van der Waals surface area contributed by atoms with Crippen LogP contribution in [0.5, 0.6) is 0 Å². The van der Waals surface area contributed by atoms with Crippen molar-refractivity contribution in [2.24, 2.45) is 5.73 Å². The lowest BCUT2D eigenvalue weighted by atomic mass is 10.1. The molecule has 1 rings (SSSR count). The highest BCUT2D eigenvalue weighted by Crippen LogP contribution is 2.31. The summed E-state index contributed by atoms with van der Waals surface area (Å²) >= 11 is 0. The van der Waals surface area contributed by atoms with Gasteiger partial charge in [0.05, 0.1) is 0 Å². The molecule has 0 saturated carbocycles. The highest BCUT2D eigenvalue weighted by atomic mass is 28.3. The molecule has 0 aliphatic heterocycles. The summed E-state index contributed by atoms with van der Waals surface area (Å²) in [6.07, 6.45) is 0. The van der Waals surface area contributed by atoms with Gasteiger partial charge in [0.2, 0.25) is 5.91 Å². The maximum atomic E-state index is 11.5. The van der Waals surface area contributed by atoms with Crippen molar-refractivity contribution in [3.8, 4) is 0 Å². The monoisotopic (exact) mass is 223 g/mol. The average Bonchev–Trinajstić information content (AvgIpc) is 2.16. The molecular formula is C11H17NO2Si. The molecule has 0 saturated heterocycles. The van der Waals surface area contributed by atoms with Crippen molar-refractivity contribution in [2.75, 3.05) is 0 Å². The first kappa shape index (κ1) is 11.9. The molecule has 3 nitrogen and oxygen atoms in total. The Bertz CT molecular complexity index is 359. The molecule has 3 N–H and O–H groups in total. The normalized spacial score (nSPS) is 15.7. The van der Waals surface area contributed by atoms with Gasteiger partial charge in [0.25, 0.3) is 0 Å². The number of hydrogen-bond donors (Lipinski definition) is 2. The number of primary amides is 1. The van der Waals surface area contributed by atoms with Crippen LogP contribution in [-0.4, -0.2) is 19.1 Å². The zero-order valence-corrected chi connectivity index (χ0v) is 10.3. The molecule has 4 heteroatoms. The van der Waals surface area contributed by atoms with Gasteiger partial charge in [0.15, 0.2) is 5.22 Å². The molecule has 1 atom stereocenters. The summed E-state index contributed by atoms with van der Waals surface area (Å²) in [7, 11) is -2.13. The van der Waals surface area contributed by atoms with Gasteiger partial charge >= 0.3 is 0 Å². The Hall–Kier alpha value is -1.13. The molecule has 0 spiro atoms. The Kier molecular flexibility index (Phi) is 3.02. The van der Waals surface area contributed by atoms with Gasteiger partial charge in [-0.1, -0.05) is 50.0 Å². The second-order valence-corrected chi connectivity index (χ2v) is 9.91. The standard InChI is InChI=1S/C11H17NO2Si/c1-15(2,3)11(14,10(12)13)9-7-5-4-6-8-9/h4-8,14H,1-3H3,(H2,12,13). The molecule has 82 valence electrons. The third-order valence-electron chi connectivity index (χ3n) is 2.63. The van der Waals surface area contributed by atoms with Crippen LogP contribution in [0, 0.1) is 0 Å². The van der Waals surface area contributed by atoms with Crippen molar-refractivity contribution in [2.45, 2.75) is 24.9 Å². The van der Waals surface area contributed by atoms with Crippen LogP contribution in [0.4, 0.5) is 0 Å². The molecule has 1 aromatic rings. The first-order chi connectivity index (χ1) is 6.80. The maximum Gasteiger partial charge on any atom is 0.250 e. The molecule has 0 fully saturated rings. The summed E-state index contributed by atoms with van der Waals surface area (Å²) in [5, 5.41) is 8.99. The van der Waals surface area contributed by atoms with Crippen LogP contribution < -0.4 is 5.73 Å². The average molecular weight is 223 g/mol. The minimum absolute atomic E-state index is 0.594. The van der Waals surface area contributed by atoms with E-state index in [9.17, 15) is 9.90 Å². The molecule has 0 heterocycles. The van der Waals surface area contributed by atoms with Crippen molar-refractivity contribution in [1.29, 1.82) is 0 Å². The van der Waals surface area contributed by atoms with Gasteiger partial charge in [-0.05, 0) is 5.56 Å². The van der Waals surface area contributed by atoms with Crippen molar-refractivity contribution < 1.29 is 9.90 Å². The topological polar surface area (TPSA) is 63.3 Å². The first-order valence-electron chi connectivity index (χ1n) is 4.88. The molecule has 0 bridgehead atoms. The number of amides is 1. The number of hydrogen-bond acceptors (Lipinski definition) is 2. The molecule has 1 aromatic carbocycles. The second kappa shape index (κ2) is 3.79. The van der Waals surface area contributed by atoms with Gasteiger partial charge in [0.1, 0.15) is 8.07 Å². The molecule has 0 radical (unpaired) electrons. The Labute approximate surface area is 90.9 Å². The fourth-order valence-electron chi connectivity index (χ4n) is 1.62. The summed E-state index contributed by atoms with van der Waals surface area (Å²) in [6, 6.07) is 8.91. The summed E-state index contributed by atoms with van der Waals surface area (Å²) in [5.74, 6) is -0.659. The Balaban J connectivity index is 3.32. The largest absolute Gasteiger partial charge is 0.379 e. The number of nitrogens with two attached hydrogens (primary N) is 1. The summed E-state index contributed by atoms with van der Waals surface area (Å²) in [6.45, 7) is 5.76. The van der Waals surface area contributed by atoms with Gasteiger partial charge in [-0.15, -0.1) is 0 Å².